The fourth-order valence-corrected chi connectivity index (χ4v) is 1.24. The molecular formula is C9H19NO2S. The van der Waals surface area contributed by atoms with Gasteiger partial charge >= 0.3 is 0 Å². The van der Waals surface area contributed by atoms with Gasteiger partial charge in [0.05, 0.1) is 12.1 Å². The van der Waals surface area contributed by atoms with E-state index >= 15 is 0 Å². The van der Waals surface area contributed by atoms with Crippen LogP contribution in [0.5, 0.6) is 0 Å². The molecule has 0 spiro atoms. The van der Waals surface area contributed by atoms with Crippen molar-refractivity contribution in [3.05, 3.63) is 0 Å². The largest absolute Gasteiger partial charge is 0.391 e. The smallest absolute Gasteiger partial charge is 0.154 e. The fourth-order valence-electron chi connectivity index (χ4n) is 1.08. The molecule has 3 atom stereocenters. The normalized spacial score (nSPS) is 18.4. The predicted molar refractivity (Wildman–Crippen MR) is 56.9 cm³/mol. The van der Waals surface area contributed by atoms with E-state index in [1.54, 1.807) is 6.92 Å². The topological polar surface area (TPSA) is 49.3 Å². The summed E-state index contributed by atoms with van der Waals surface area (Å²) in [6, 6.07) is -0.507. The van der Waals surface area contributed by atoms with Gasteiger partial charge in [0.25, 0.3) is 0 Å². The molecule has 0 aliphatic rings. The first-order valence-electron chi connectivity index (χ1n) is 4.52. The minimum atomic E-state index is -0.676. The summed E-state index contributed by atoms with van der Waals surface area (Å²) in [5, 5.41) is 12.2. The van der Waals surface area contributed by atoms with Gasteiger partial charge in [-0.2, -0.15) is 12.6 Å². The summed E-state index contributed by atoms with van der Waals surface area (Å²) in [6.07, 6.45) is -0.676. The third-order valence-electron chi connectivity index (χ3n) is 1.78. The van der Waals surface area contributed by atoms with Gasteiger partial charge in [-0.1, -0.05) is 13.8 Å². The summed E-state index contributed by atoms with van der Waals surface area (Å²) in [4.78, 5) is 11.6. The standard InChI is InChI=1S/C9H19NO2S/c1-5(2)9(12)8(6(3)11)10-7(4)13/h5-8,10-11,13H,1-4H3. The van der Waals surface area contributed by atoms with Crippen LogP contribution < -0.4 is 5.32 Å². The maximum absolute atomic E-state index is 11.6. The second-order valence-electron chi connectivity index (χ2n) is 3.62. The van der Waals surface area contributed by atoms with Crippen LogP contribution in [0.15, 0.2) is 0 Å². The van der Waals surface area contributed by atoms with Crippen LogP contribution in [-0.4, -0.2) is 28.4 Å². The van der Waals surface area contributed by atoms with E-state index in [1.165, 1.54) is 0 Å². The molecule has 13 heavy (non-hydrogen) atoms. The molecule has 0 aromatic heterocycles. The molecule has 0 saturated carbocycles. The van der Waals surface area contributed by atoms with Crippen LogP contribution in [0.25, 0.3) is 0 Å². The van der Waals surface area contributed by atoms with E-state index in [9.17, 15) is 9.90 Å². The highest BCUT2D eigenvalue weighted by Crippen LogP contribution is 2.05. The average molecular weight is 205 g/mol. The summed E-state index contributed by atoms with van der Waals surface area (Å²) in [6.45, 7) is 7.07. The lowest BCUT2D eigenvalue weighted by Crippen LogP contribution is -2.48. The van der Waals surface area contributed by atoms with Gasteiger partial charge in [0.1, 0.15) is 0 Å². The summed E-state index contributed by atoms with van der Waals surface area (Å²) in [5.74, 6) is -0.0462. The highest BCUT2D eigenvalue weighted by Gasteiger charge is 2.25. The Hall–Kier alpha value is -0.0600. The number of carbonyl (C=O) groups excluding carboxylic acids is 1. The van der Waals surface area contributed by atoms with E-state index in [-0.39, 0.29) is 17.1 Å². The Labute approximate surface area is 85.3 Å². The van der Waals surface area contributed by atoms with E-state index < -0.39 is 12.1 Å². The molecule has 0 saturated heterocycles. The molecule has 0 aliphatic heterocycles. The third-order valence-corrected chi connectivity index (χ3v) is 1.93. The molecule has 0 aromatic carbocycles. The van der Waals surface area contributed by atoms with Crippen molar-refractivity contribution in [1.82, 2.24) is 5.32 Å². The minimum absolute atomic E-state index is 0.0240. The van der Waals surface area contributed by atoms with E-state index in [1.807, 2.05) is 20.8 Å². The average Bonchev–Trinajstić information content (AvgIpc) is 1.97. The molecule has 0 aromatic rings. The van der Waals surface area contributed by atoms with Gasteiger partial charge in [-0.05, 0) is 13.8 Å². The van der Waals surface area contributed by atoms with E-state index in [0.29, 0.717) is 0 Å². The van der Waals surface area contributed by atoms with E-state index in [0.717, 1.165) is 0 Å². The Morgan fingerprint density at radius 2 is 1.77 bits per heavy atom. The van der Waals surface area contributed by atoms with Crippen molar-refractivity contribution in [3.8, 4) is 0 Å². The molecule has 4 heteroatoms. The highest BCUT2D eigenvalue weighted by atomic mass is 32.1. The number of ketones is 1. The monoisotopic (exact) mass is 205 g/mol. The lowest BCUT2D eigenvalue weighted by Gasteiger charge is -2.23. The summed E-state index contributed by atoms with van der Waals surface area (Å²) in [7, 11) is 0. The highest BCUT2D eigenvalue weighted by molar-refractivity contribution is 7.80. The first-order valence-corrected chi connectivity index (χ1v) is 5.03. The van der Waals surface area contributed by atoms with Crippen molar-refractivity contribution in [2.75, 3.05) is 0 Å². The van der Waals surface area contributed by atoms with Crippen LogP contribution in [0.3, 0.4) is 0 Å². The first-order chi connectivity index (χ1) is 5.86. The quantitative estimate of drug-likeness (QED) is 0.460. The number of nitrogens with one attached hydrogen (secondary N) is 1. The van der Waals surface area contributed by atoms with Gasteiger partial charge in [-0.15, -0.1) is 0 Å². The second-order valence-corrected chi connectivity index (χ2v) is 4.39. The number of aliphatic hydroxyl groups is 1. The Balaban J connectivity index is 4.33. The van der Waals surface area contributed by atoms with Crippen molar-refractivity contribution in [3.63, 3.8) is 0 Å². The number of carbonyl (C=O) groups is 1. The van der Waals surface area contributed by atoms with Gasteiger partial charge in [-0.3, -0.25) is 10.1 Å². The number of hydrogen-bond donors (Lipinski definition) is 3. The van der Waals surface area contributed by atoms with Gasteiger partial charge in [0.2, 0.25) is 0 Å². The zero-order valence-electron chi connectivity index (χ0n) is 8.61. The Bertz CT molecular complexity index is 169. The molecule has 0 fully saturated rings. The summed E-state index contributed by atoms with van der Waals surface area (Å²) in [5.41, 5.74) is 0. The number of rotatable bonds is 5. The molecular weight excluding hydrogens is 186 g/mol. The lowest BCUT2D eigenvalue weighted by molar-refractivity contribution is -0.126. The number of hydrogen-bond acceptors (Lipinski definition) is 4. The fraction of sp³-hybridized carbons (Fsp3) is 0.889. The zero-order chi connectivity index (χ0) is 10.6. The molecule has 2 N–H and O–H groups in total. The van der Waals surface area contributed by atoms with Gasteiger partial charge in [-0.25, -0.2) is 0 Å². The predicted octanol–water partition coefficient (Wildman–Crippen LogP) is 0.826. The van der Waals surface area contributed by atoms with Crippen molar-refractivity contribution in [2.45, 2.75) is 45.2 Å². The first kappa shape index (κ1) is 12.9. The zero-order valence-corrected chi connectivity index (χ0v) is 9.51. The molecule has 0 aliphatic carbocycles. The SMILES string of the molecule is CC(S)NC(C(=O)C(C)C)C(C)O. The maximum Gasteiger partial charge on any atom is 0.154 e. The molecule has 0 rings (SSSR count). The molecule has 3 unspecified atom stereocenters. The van der Waals surface area contributed by atoms with Crippen LogP contribution in [0.2, 0.25) is 0 Å². The summed E-state index contributed by atoms with van der Waals surface area (Å²) < 4.78 is 0. The van der Waals surface area contributed by atoms with Crippen molar-refractivity contribution >= 4 is 18.4 Å². The Morgan fingerprint density at radius 1 is 1.31 bits per heavy atom. The van der Waals surface area contributed by atoms with Crippen molar-refractivity contribution in [2.24, 2.45) is 5.92 Å². The van der Waals surface area contributed by atoms with Crippen LogP contribution in [0.1, 0.15) is 27.7 Å². The maximum atomic E-state index is 11.6. The molecule has 0 bridgehead atoms. The van der Waals surface area contributed by atoms with Crippen LogP contribution in [0.4, 0.5) is 0 Å². The van der Waals surface area contributed by atoms with Crippen molar-refractivity contribution < 1.29 is 9.90 Å². The van der Waals surface area contributed by atoms with Crippen LogP contribution >= 0.6 is 12.6 Å². The Morgan fingerprint density at radius 3 is 2.00 bits per heavy atom. The van der Waals surface area contributed by atoms with Crippen LogP contribution in [-0.2, 0) is 4.79 Å². The third kappa shape index (κ3) is 4.64. The number of aliphatic hydroxyl groups excluding tert-OH is 1. The van der Waals surface area contributed by atoms with Gasteiger partial charge < -0.3 is 5.11 Å². The lowest BCUT2D eigenvalue weighted by atomic mass is 9.98. The second kappa shape index (κ2) is 5.62. The minimum Gasteiger partial charge on any atom is -0.391 e. The molecule has 0 amide bonds. The Kier molecular flexibility index (Phi) is 5.60. The molecule has 78 valence electrons. The van der Waals surface area contributed by atoms with Crippen LogP contribution in [0, 0.1) is 5.92 Å². The van der Waals surface area contributed by atoms with Gasteiger partial charge in [0.15, 0.2) is 5.78 Å². The van der Waals surface area contributed by atoms with Gasteiger partial charge in [0, 0.05) is 11.3 Å². The number of Topliss-reactive ketones (excluding diaryl/α,β-unsaturated/α-hetero) is 1. The van der Waals surface area contributed by atoms with E-state index in [2.05, 4.69) is 17.9 Å². The summed E-state index contributed by atoms with van der Waals surface area (Å²) >= 11 is 4.12. The molecule has 0 heterocycles. The van der Waals surface area contributed by atoms with Crippen molar-refractivity contribution in [1.29, 1.82) is 0 Å². The van der Waals surface area contributed by atoms with E-state index in [4.69, 9.17) is 0 Å². The number of thiol groups is 1. The molecule has 0 radical (unpaired) electrons. The molecule has 3 nitrogen and oxygen atoms in total.